The lowest BCUT2D eigenvalue weighted by atomic mass is 9.64. The van der Waals surface area contributed by atoms with E-state index in [9.17, 15) is 0 Å². The molecule has 2 nitrogen and oxygen atoms in total. The molecule has 0 atom stereocenters. The summed E-state index contributed by atoms with van der Waals surface area (Å²) in [5.41, 5.74) is 7.77. The van der Waals surface area contributed by atoms with Crippen LogP contribution >= 0.6 is 0 Å². The predicted octanol–water partition coefficient (Wildman–Crippen LogP) is 3.66. The van der Waals surface area contributed by atoms with Crippen molar-refractivity contribution in [2.75, 3.05) is 13.2 Å². The second-order valence-electron chi connectivity index (χ2n) is 5.46. The van der Waals surface area contributed by atoms with Crippen molar-refractivity contribution >= 4 is 0 Å². The van der Waals surface area contributed by atoms with Crippen LogP contribution in [0.1, 0.15) is 59.3 Å². The Bertz CT molecular complexity index is 235. The highest BCUT2D eigenvalue weighted by Crippen LogP contribution is 2.45. The minimum absolute atomic E-state index is 0.485. The number of allylic oxidation sites excluding steroid dienone is 2. The van der Waals surface area contributed by atoms with Gasteiger partial charge in [-0.05, 0) is 45.4 Å². The van der Waals surface area contributed by atoms with Gasteiger partial charge in [-0.2, -0.15) is 0 Å². The van der Waals surface area contributed by atoms with Gasteiger partial charge in [0.25, 0.3) is 0 Å². The van der Waals surface area contributed by atoms with Gasteiger partial charge in [-0.3, -0.25) is 0 Å². The van der Waals surface area contributed by atoms with Crippen molar-refractivity contribution in [1.29, 1.82) is 0 Å². The lowest BCUT2D eigenvalue weighted by Crippen LogP contribution is -2.57. The summed E-state index contributed by atoms with van der Waals surface area (Å²) in [6.07, 6.45) is 10.3. The van der Waals surface area contributed by atoms with Gasteiger partial charge in [0.15, 0.2) is 0 Å². The topological polar surface area (TPSA) is 35.2 Å². The van der Waals surface area contributed by atoms with E-state index in [1.165, 1.54) is 38.5 Å². The summed E-state index contributed by atoms with van der Waals surface area (Å²) < 4.78 is 5.07. The second-order valence-corrected chi connectivity index (χ2v) is 5.46. The Kier molecular flexibility index (Phi) is 6.21. The number of hydrogen-bond donors (Lipinski definition) is 1. The standard InChI is InChI=1S/C7H12.C6H11NO.C2H6/c1-7-5-3-2-4-6-7;7-5-1-6(2-5)3-8-4-6;1-2/h5H,2-4,6H2,1H3;5H,1-4,7H2;1-2H3. The molecular formula is C15H29NO. The zero-order chi connectivity index (χ0) is 12.7. The molecular weight excluding hydrogens is 210 g/mol. The lowest BCUT2D eigenvalue weighted by Gasteiger charge is -2.52. The van der Waals surface area contributed by atoms with E-state index in [0.29, 0.717) is 11.5 Å². The van der Waals surface area contributed by atoms with Crippen molar-refractivity contribution in [1.82, 2.24) is 0 Å². The Morgan fingerprint density at radius 3 is 2.06 bits per heavy atom. The molecule has 1 heterocycles. The smallest absolute Gasteiger partial charge is 0.0545 e. The fourth-order valence-electron chi connectivity index (χ4n) is 2.68. The summed E-state index contributed by atoms with van der Waals surface area (Å²) in [4.78, 5) is 0. The van der Waals surface area contributed by atoms with E-state index in [0.717, 1.165) is 13.2 Å². The Hall–Kier alpha value is -0.340. The van der Waals surface area contributed by atoms with Crippen LogP contribution in [-0.2, 0) is 4.74 Å². The summed E-state index contributed by atoms with van der Waals surface area (Å²) in [7, 11) is 0. The van der Waals surface area contributed by atoms with Gasteiger partial charge in [0.05, 0.1) is 13.2 Å². The molecule has 2 N–H and O–H groups in total. The molecule has 0 aromatic carbocycles. The molecule has 17 heavy (non-hydrogen) atoms. The van der Waals surface area contributed by atoms with Crippen LogP contribution in [0.2, 0.25) is 0 Å². The molecule has 0 aromatic heterocycles. The van der Waals surface area contributed by atoms with Gasteiger partial charge >= 0.3 is 0 Å². The minimum atomic E-state index is 0.485. The molecule has 3 rings (SSSR count). The van der Waals surface area contributed by atoms with E-state index < -0.39 is 0 Å². The Morgan fingerprint density at radius 2 is 1.88 bits per heavy atom. The first-order valence-electron chi connectivity index (χ1n) is 7.19. The molecule has 1 saturated carbocycles. The van der Waals surface area contributed by atoms with Crippen molar-refractivity contribution in [2.45, 2.75) is 65.3 Å². The molecule has 2 heteroatoms. The zero-order valence-electron chi connectivity index (χ0n) is 11.8. The van der Waals surface area contributed by atoms with E-state index in [1.807, 2.05) is 13.8 Å². The quantitative estimate of drug-likeness (QED) is 0.655. The molecule has 3 aliphatic rings. The van der Waals surface area contributed by atoms with Gasteiger partial charge in [-0.25, -0.2) is 0 Å². The molecule has 1 spiro atoms. The highest BCUT2D eigenvalue weighted by Gasteiger charge is 2.48. The molecule has 0 bridgehead atoms. The maximum Gasteiger partial charge on any atom is 0.0545 e. The molecule has 2 fully saturated rings. The van der Waals surface area contributed by atoms with Gasteiger partial charge in [-0.15, -0.1) is 0 Å². The maximum atomic E-state index is 5.61. The van der Waals surface area contributed by atoms with Crippen LogP contribution in [0.25, 0.3) is 0 Å². The Morgan fingerprint density at radius 1 is 1.24 bits per heavy atom. The zero-order valence-corrected chi connectivity index (χ0v) is 11.8. The average molecular weight is 239 g/mol. The maximum absolute atomic E-state index is 5.61. The molecule has 0 radical (unpaired) electrons. The van der Waals surface area contributed by atoms with Crippen LogP contribution in [0.3, 0.4) is 0 Å². The summed E-state index contributed by atoms with van der Waals surface area (Å²) >= 11 is 0. The van der Waals surface area contributed by atoms with E-state index in [4.69, 9.17) is 10.5 Å². The number of rotatable bonds is 0. The lowest BCUT2D eigenvalue weighted by molar-refractivity contribution is -0.162. The van der Waals surface area contributed by atoms with Gasteiger partial charge in [-0.1, -0.05) is 25.5 Å². The fourth-order valence-corrected chi connectivity index (χ4v) is 2.68. The molecule has 2 aliphatic carbocycles. The van der Waals surface area contributed by atoms with Crippen LogP contribution in [-0.4, -0.2) is 19.3 Å². The number of ether oxygens (including phenoxy) is 1. The van der Waals surface area contributed by atoms with Crippen molar-refractivity contribution < 1.29 is 4.74 Å². The monoisotopic (exact) mass is 239 g/mol. The predicted molar refractivity (Wildman–Crippen MR) is 74.0 cm³/mol. The van der Waals surface area contributed by atoms with Gasteiger partial charge in [0.2, 0.25) is 0 Å². The van der Waals surface area contributed by atoms with Crippen molar-refractivity contribution in [3.05, 3.63) is 11.6 Å². The Balaban J connectivity index is 0.000000150. The van der Waals surface area contributed by atoms with Crippen molar-refractivity contribution in [2.24, 2.45) is 11.1 Å². The van der Waals surface area contributed by atoms with Gasteiger partial charge in [0, 0.05) is 11.5 Å². The largest absolute Gasteiger partial charge is 0.380 e. The van der Waals surface area contributed by atoms with Crippen LogP contribution in [0.5, 0.6) is 0 Å². The van der Waals surface area contributed by atoms with E-state index in [-0.39, 0.29) is 0 Å². The fraction of sp³-hybridized carbons (Fsp3) is 0.867. The molecule has 0 amide bonds. The minimum Gasteiger partial charge on any atom is -0.380 e. The SMILES string of the molecule is CC.CC1=CCCCC1.NC1CC2(COC2)C1. The van der Waals surface area contributed by atoms with Crippen LogP contribution in [0, 0.1) is 5.41 Å². The first-order valence-corrected chi connectivity index (χ1v) is 7.19. The van der Waals surface area contributed by atoms with E-state index in [1.54, 1.807) is 5.57 Å². The first-order chi connectivity index (χ1) is 8.20. The van der Waals surface area contributed by atoms with Crippen molar-refractivity contribution in [3.8, 4) is 0 Å². The summed E-state index contributed by atoms with van der Waals surface area (Å²) in [5.74, 6) is 0. The molecule has 1 aliphatic heterocycles. The third-order valence-electron chi connectivity index (χ3n) is 3.72. The van der Waals surface area contributed by atoms with E-state index in [2.05, 4.69) is 13.0 Å². The average Bonchev–Trinajstić information content (AvgIpc) is 2.27. The third kappa shape index (κ3) is 4.44. The van der Waals surface area contributed by atoms with Crippen LogP contribution in [0.4, 0.5) is 0 Å². The normalized spacial score (nSPS) is 25.3. The highest BCUT2D eigenvalue weighted by atomic mass is 16.5. The van der Waals surface area contributed by atoms with Crippen molar-refractivity contribution in [3.63, 3.8) is 0 Å². The summed E-state index contributed by atoms with van der Waals surface area (Å²) in [6.45, 7) is 8.17. The third-order valence-corrected chi connectivity index (χ3v) is 3.72. The molecule has 0 unspecified atom stereocenters. The number of nitrogens with two attached hydrogens (primary N) is 1. The molecule has 100 valence electrons. The van der Waals surface area contributed by atoms with Crippen LogP contribution < -0.4 is 5.73 Å². The second kappa shape index (κ2) is 7.17. The van der Waals surface area contributed by atoms with Gasteiger partial charge in [0.1, 0.15) is 0 Å². The number of hydrogen-bond acceptors (Lipinski definition) is 2. The highest BCUT2D eigenvalue weighted by molar-refractivity contribution is 5.00. The summed E-state index contributed by atoms with van der Waals surface area (Å²) in [5, 5.41) is 0. The summed E-state index contributed by atoms with van der Waals surface area (Å²) in [6, 6.07) is 0.485. The molecule has 1 saturated heterocycles. The first kappa shape index (κ1) is 14.7. The Labute approximate surface area is 107 Å². The molecule has 0 aromatic rings. The van der Waals surface area contributed by atoms with Crippen LogP contribution in [0.15, 0.2) is 11.6 Å². The van der Waals surface area contributed by atoms with E-state index >= 15 is 0 Å². The van der Waals surface area contributed by atoms with Gasteiger partial charge < -0.3 is 10.5 Å².